The van der Waals surface area contributed by atoms with Crippen molar-refractivity contribution >= 4 is 23.7 Å². The summed E-state index contributed by atoms with van der Waals surface area (Å²) in [6.07, 6.45) is 8.26. The Bertz CT molecular complexity index is 819. The summed E-state index contributed by atoms with van der Waals surface area (Å²) in [6.45, 7) is 4.77. The van der Waals surface area contributed by atoms with Gasteiger partial charge < -0.3 is 9.84 Å². The minimum absolute atomic E-state index is 0.200. The summed E-state index contributed by atoms with van der Waals surface area (Å²) >= 11 is 1.46. The number of thioether (sulfide) groups is 1. The van der Waals surface area contributed by atoms with Crippen LogP contribution in [0.3, 0.4) is 0 Å². The summed E-state index contributed by atoms with van der Waals surface area (Å²) in [7, 11) is 1.82. The first-order valence-corrected chi connectivity index (χ1v) is 11.1. The van der Waals surface area contributed by atoms with Gasteiger partial charge in [-0.15, -0.1) is 11.8 Å². The van der Waals surface area contributed by atoms with Crippen LogP contribution in [0.4, 0.5) is 0 Å². The first-order valence-electron chi connectivity index (χ1n) is 10.1. The van der Waals surface area contributed by atoms with Crippen LogP contribution in [0.1, 0.15) is 56.3 Å². The molecule has 0 aliphatic rings. The number of aromatic carboxylic acids is 1. The number of hydrogen-bond acceptors (Lipinski definition) is 5. The quantitative estimate of drug-likeness (QED) is 0.385. The molecule has 1 unspecified atom stereocenters. The second kappa shape index (κ2) is 11.7. The molecule has 1 atom stereocenters. The van der Waals surface area contributed by atoms with Crippen LogP contribution in [-0.4, -0.2) is 39.2 Å². The van der Waals surface area contributed by atoms with E-state index in [-0.39, 0.29) is 11.5 Å². The van der Waals surface area contributed by atoms with Crippen molar-refractivity contribution in [1.82, 2.24) is 9.78 Å². The van der Waals surface area contributed by atoms with E-state index < -0.39 is 5.97 Å². The first-order chi connectivity index (χ1) is 13.9. The molecule has 0 aliphatic carbocycles. The van der Waals surface area contributed by atoms with Crippen molar-refractivity contribution in [3.63, 3.8) is 0 Å². The summed E-state index contributed by atoms with van der Waals surface area (Å²) in [5, 5.41) is 13.5. The molecule has 0 bridgehead atoms. The molecule has 29 heavy (non-hydrogen) atoms. The molecule has 0 spiro atoms. The van der Waals surface area contributed by atoms with Crippen molar-refractivity contribution < 1.29 is 19.4 Å². The van der Waals surface area contributed by atoms with Crippen molar-refractivity contribution in [2.75, 3.05) is 12.4 Å². The van der Waals surface area contributed by atoms with E-state index in [0.29, 0.717) is 24.7 Å². The van der Waals surface area contributed by atoms with Crippen LogP contribution in [0.5, 0.6) is 0 Å². The van der Waals surface area contributed by atoms with Crippen LogP contribution in [-0.2, 0) is 16.6 Å². The molecular formula is C22H30N2O4S. The molecule has 7 heteroatoms. The summed E-state index contributed by atoms with van der Waals surface area (Å²) < 4.78 is 7.11. The van der Waals surface area contributed by atoms with Gasteiger partial charge in [-0.1, -0.05) is 33.1 Å². The molecule has 0 saturated carbocycles. The number of carboxylic acids is 1. The predicted octanol–water partition coefficient (Wildman–Crippen LogP) is 5.03. The molecule has 0 amide bonds. The second-order valence-corrected chi connectivity index (χ2v) is 8.32. The van der Waals surface area contributed by atoms with Gasteiger partial charge in [0.1, 0.15) is 0 Å². The Labute approximate surface area is 176 Å². The number of unbranched alkanes of at least 4 members (excludes halogenated alkanes) is 1. The molecule has 1 aromatic heterocycles. The molecule has 2 aromatic rings. The van der Waals surface area contributed by atoms with Gasteiger partial charge in [-0.05, 0) is 36.1 Å². The Kier molecular flexibility index (Phi) is 9.25. The zero-order valence-corrected chi connectivity index (χ0v) is 18.2. The van der Waals surface area contributed by atoms with Gasteiger partial charge in [-0.25, -0.2) is 4.79 Å². The third-order valence-electron chi connectivity index (χ3n) is 4.79. The van der Waals surface area contributed by atoms with Crippen LogP contribution in [0.25, 0.3) is 11.1 Å². The monoisotopic (exact) mass is 418 g/mol. The van der Waals surface area contributed by atoms with Gasteiger partial charge in [0.05, 0.1) is 24.8 Å². The predicted molar refractivity (Wildman–Crippen MR) is 115 cm³/mol. The van der Waals surface area contributed by atoms with E-state index in [1.807, 2.05) is 19.3 Å². The number of rotatable bonds is 12. The second-order valence-electron chi connectivity index (χ2n) is 7.15. The zero-order valence-electron chi connectivity index (χ0n) is 17.4. The smallest absolute Gasteiger partial charge is 0.335 e. The molecule has 6 nitrogen and oxygen atoms in total. The number of carboxylic acid groups (broad SMARTS) is 1. The Morgan fingerprint density at radius 1 is 1.24 bits per heavy atom. The van der Waals surface area contributed by atoms with Crippen molar-refractivity contribution in [3.05, 3.63) is 36.2 Å². The van der Waals surface area contributed by atoms with Crippen molar-refractivity contribution in [2.24, 2.45) is 13.0 Å². The number of carbonyl (C=O) groups is 2. The van der Waals surface area contributed by atoms with Gasteiger partial charge in [-0.3, -0.25) is 9.48 Å². The van der Waals surface area contributed by atoms with E-state index in [4.69, 9.17) is 4.74 Å². The van der Waals surface area contributed by atoms with E-state index in [1.54, 1.807) is 23.0 Å². The summed E-state index contributed by atoms with van der Waals surface area (Å²) in [4.78, 5) is 24.3. The fraction of sp³-hybridized carbons (Fsp3) is 0.500. The van der Waals surface area contributed by atoms with Gasteiger partial charge in [0, 0.05) is 29.5 Å². The lowest BCUT2D eigenvalue weighted by molar-refractivity contribution is -0.144. The molecule has 0 aliphatic heterocycles. The molecule has 1 N–H and O–H groups in total. The topological polar surface area (TPSA) is 81.4 Å². The normalized spacial score (nSPS) is 12.0. The number of carbonyl (C=O) groups excluding carboxylic acids is 1. The molecule has 0 fully saturated rings. The number of aryl methyl sites for hydroxylation is 1. The van der Waals surface area contributed by atoms with E-state index in [2.05, 4.69) is 18.9 Å². The van der Waals surface area contributed by atoms with Crippen molar-refractivity contribution in [1.29, 1.82) is 0 Å². The minimum atomic E-state index is -0.977. The van der Waals surface area contributed by atoms with E-state index >= 15 is 0 Å². The fourth-order valence-corrected chi connectivity index (χ4v) is 3.90. The summed E-state index contributed by atoms with van der Waals surface area (Å²) in [5.74, 6) is -0.204. The molecule has 158 valence electrons. The van der Waals surface area contributed by atoms with Crippen molar-refractivity contribution in [2.45, 2.75) is 50.8 Å². The average molecular weight is 419 g/mol. The van der Waals surface area contributed by atoms with Gasteiger partial charge >= 0.3 is 11.9 Å². The fourth-order valence-electron chi connectivity index (χ4n) is 2.98. The summed E-state index contributed by atoms with van der Waals surface area (Å²) in [6, 6.07) is 5.20. The molecule has 0 saturated heterocycles. The average Bonchev–Trinajstić information content (AvgIpc) is 3.14. The highest BCUT2D eigenvalue weighted by molar-refractivity contribution is 7.99. The standard InChI is InChI=1S/C22H30N2O4S/c1-4-6-7-16(5-2)15-28-21(25)8-9-29-20-11-17(10-18(12-20)22(26)27)19-13-23-24(3)14-19/h10-14,16H,4-9,15H2,1-3H3,(H,26,27). The van der Waals surface area contributed by atoms with Crippen LogP contribution in [0.15, 0.2) is 35.5 Å². The Balaban J connectivity index is 1.91. The van der Waals surface area contributed by atoms with Gasteiger partial charge in [0.2, 0.25) is 0 Å². The lowest BCUT2D eigenvalue weighted by atomic mass is 10.0. The maximum atomic E-state index is 12.1. The highest BCUT2D eigenvalue weighted by Gasteiger charge is 2.12. The van der Waals surface area contributed by atoms with E-state index in [0.717, 1.165) is 41.7 Å². The SMILES string of the molecule is CCCCC(CC)COC(=O)CCSc1cc(C(=O)O)cc(-c2cnn(C)c2)c1. The number of nitrogens with zero attached hydrogens (tertiary/aromatic N) is 2. The Hall–Kier alpha value is -2.28. The number of ether oxygens (including phenoxy) is 1. The highest BCUT2D eigenvalue weighted by Crippen LogP contribution is 2.28. The van der Waals surface area contributed by atoms with Crippen LogP contribution >= 0.6 is 11.8 Å². The number of hydrogen-bond donors (Lipinski definition) is 1. The molecule has 1 heterocycles. The largest absolute Gasteiger partial charge is 0.478 e. The zero-order chi connectivity index (χ0) is 21.2. The number of benzene rings is 1. The number of aromatic nitrogens is 2. The lowest BCUT2D eigenvalue weighted by Crippen LogP contribution is -2.14. The minimum Gasteiger partial charge on any atom is -0.478 e. The van der Waals surface area contributed by atoms with Crippen LogP contribution in [0.2, 0.25) is 0 Å². The lowest BCUT2D eigenvalue weighted by Gasteiger charge is -2.14. The van der Waals surface area contributed by atoms with Crippen LogP contribution < -0.4 is 0 Å². The molecular weight excluding hydrogens is 388 g/mol. The van der Waals surface area contributed by atoms with Crippen LogP contribution in [0, 0.1) is 5.92 Å². The van der Waals surface area contributed by atoms with Crippen molar-refractivity contribution in [3.8, 4) is 11.1 Å². The number of esters is 1. The highest BCUT2D eigenvalue weighted by atomic mass is 32.2. The van der Waals surface area contributed by atoms with E-state index in [9.17, 15) is 14.7 Å². The maximum absolute atomic E-state index is 12.1. The molecule has 0 radical (unpaired) electrons. The third-order valence-corrected chi connectivity index (χ3v) is 5.77. The maximum Gasteiger partial charge on any atom is 0.335 e. The first kappa shape index (κ1) is 23.0. The van der Waals surface area contributed by atoms with Gasteiger partial charge in [-0.2, -0.15) is 5.10 Å². The molecule has 2 rings (SSSR count). The van der Waals surface area contributed by atoms with Gasteiger partial charge in [0.25, 0.3) is 0 Å². The Morgan fingerprint density at radius 3 is 2.66 bits per heavy atom. The third kappa shape index (κ3) is 7.57. The summed E-state index contributed by atoms with van der Waals surface area (Å²) in [5.41, 5.74) is 1.87. The van der Waals surface area contributed by atoms with Gasteiger partial charge in [0.15, 0.2) is 0 Å². The Morgan fingerprint density at radius 2 is 2.03 bits per heavy atom. The van der Waals surface area contributed by atoms with E-state index in [1.165, 1.54) is 11.8 Å². The molecule has 1 aromatic carbocycles.